The van der Waals surface area contributed by atoms with Crippen LogP contribution in [0.4, 0.5) is 13.2 Å². The molecule has 1 aliphatic carbocycles. The SMILES string of the molecule is O=C(O)CC1CCC(NC(=O)c2cnn3cccc(Cc4ccc(C(F)(F)F)cc4)c23)CC1. The van der Waals surface area contributed by atoms with Gasteiger partial charge in [0.05, 0.1) is 22.8 Å². The van der Waals surface area contributed by atoms with Crippen LogP contribution >= 0.6 is 0 Å². The van der Waals surface area contributed by atoms with Crippen molar-refractivity contribution < 1.29 is 27.9 Å². The zero-order chi connectivity index (χ0) is 23.6. The molecule has 3 aromatic rings. The van der Waals surface area contributed by atoms with Gasteiger partial charge in [-0.25, -0.2) is 4.52 Å². The van der Waals surface area contributed by atoms with Gasteiger partial charge in [0.1, 0.15) is 0 Å². The zero-order valence-electron chi connectivity index (χ0n) is 17.8. The van der Waals surface area contributed by atoms with E-state index in [2.05, 4.69) is 10.4 Å². The molecule has 0 radical (unpaired) electrons. The van der Waals surface area contributed by atoms with Crippen molar-refractivity contribution in [2.75, 3.05) is 0 Å². The van der Waals surface area contributed by atoms with Gasteiger partial charge in [-0.05, 0) is 67.3 Å². The maximum absolute atomic E-state index is 13.0. The number of carbonyl (C=O) groups excluding carboxylic acids is 1. The van der Waals surface area contributed by atoms with Crippen molar-refractivity contribution in [2.45, 2.75) is 50.7 Å². The van der Waals surface area contributed by atoms with Crippen molar-refractivity contribution in [3.63, 3.8) is 0 Å². The Kier molecular flexibility index (Phi) is 6.40. The molecule has 0 atom stereocenters. The monoisotopic (exact) mass is 459 g/mol. The Bertz CT molecular complexity index is 1150. The third-order valence-corrected chi connectivity index (χ3v) is 6.19. The molecule has 174 valence electrons. The van der Waals surface area contributed by atoms with Crippen molar-refractivity contribution in [1.29, 1.82) is 0 Å². The standard InChI is InChI=1S/C24H24F3N3O3/c25-24(26,27)18-7-3-15(4-8-18)12-17-2-1-11-30-22(17)20(14-28-30)23(33)29-19-9-5-16(6-10-19)13-21(31)32/h1-4,7-8,11,14,16,19H,5-6,9-10,12-13H2,(H,29,33)(H,31,32). The summed E-state index contributed by atoms with van der Waals surface area (Å²) in [4.78, 5) is 23.9. The van der Waals surface area contributed by atoms with Crippen LogP contribution in [0.1, 0.15) is 59.2 Å². The fourth-order valence-corrected chi connectivity index (χ4v) is 4.48. The van der Waals surface area contributed by atoms with E-state index < -0.39 is 17.7 Å². The van der Waals surface area contributed by atoms with Crippen LogP contribution in [0, 0.1) is 5.92 Å². The molecule has 1 aromatic carbocycles. The number of benzene rings is 1. The number of hydrogen-bond acceptors (Lipinski definition) is 3. The fourth-order valence-electron chi connectivity index (χ4n) is 4.48. The van der Waals surface area contributed by atoms with Crippen LogP contribution in [0.2, 0.25) is 0 Å². The lowest BCUT2D eigenvalue weighted by Gasteiger charge is -2.28. The maximum Gasteiger partial charge on any atom is 0.416 e. The van der Waals surface area contributed by atoms with Crippen LogP contribution in [0.15, 0.2) is 48.8 Å². The molecular formula is C24H24F3N3O3. The molecular weight excluding hydrogens is 435 g/mol. The van der Waals surface area contributed by atoms with E-state index in [0.29, 0.717) is 23.1 Å². The minimum Gasteiger partial charge on any atom is -0.481 e. The lowest BCUT2D eigenvalue weighted by molar-refractivity contribution is -0.139. The summed E-state index contributed by atoms with van der Waals surface area (Å²) in [5.41, 5.74) is 1.80. The molecule has 9 heteroatoms. The average molecular weight is 459 g/mol. The molecule has 4 rings (SSSR count). The van der Waals surface area contributed by atoms with E-state index in [1.54, 1.807) is 16.8 Å². The topological polar surface area (TPSA) is 83.7 Å². The number of carboxylic acid groups (broad SMARTS) is 1. The number of nitrogens with zero attached hydrogens (tertiary/aromatic N) is 2. The number of nitrogens with one attached hydrogen (secondary N) is 1. The zero-order valence-corrected chi connectivity index (χ0v) is 17.8. The summed E-state index contributed by atoms with van der Waals surface area (Å²) in [6.07, 6.45) is 2.30. The Morgan fingerprint density at radius 2 is 1.79 bits per heavy atom. The highest BCUT2D eigenvalue weighted by Crippen LogP contribution is 2.30. The van der Waals surface area contributed by atoms with E-state index >= 15 is 0 Å². The minimum absolute atomic E-state index is 0.0282. The first kappa shape index (κ1) is 22.8. The van der Waals surface area contributed by atoms with Crippen molar-refractivity contribution in [1.82, 2.24) is 14.9 Å². The maximum atomic E-state index is 13.0. The van der Waals surface area contributed by atoms with Crippen molar-refractivity contribution in [2.24, 2.45) is 5.92 Å². The Morgan fingerprint density at radius 3 is 2.42 bits per heavy atom. The first-order valence-corrected chi connectivity index (χ1v) is 10.8. The van der Waals surface area contributed by atoms with Crippen LogP contribution in [0.5, 0.6) is 0 Å². The molecule has 6 nitrogen and oxygen atoms in total. The Hall–Kier alpha value is -3.36. The number of aromatic nitrogens is 2. The molecule has 0 saturated heterocycles. The molecule has 2 aromatic heterocycles. The fraction of sp³-hybridized carbons (Fsp3) is 0.375. The number of aliphatic carboxylic acids is 1. The van der Waals surface area contributed by atoms with Crippen LogP contribution in [-0.2, 0) is 17.4 Å². The molecule has 33 heavy (non-hydrogen) atoms. The van der Waals surface area contributed by atoms with E-state index in [4.69, 9.17) is 5.11 Å². The van der Waals surface area contributed by atoms with E-state index in [-0.39, 0.29) is 24.3 Å². The third-order valence-electron chi connectivity index (χ3n) is 6.19. The molecule has 0 spiro atoms. The summed E-state index contributed by atoms with van der Waals surface area (Å²) in [6.45, 7) is 0. The number of alkyl halides is 3. The number of amides is 1. The Balaban J connectivity index is 1.49. The summed E-state index contributed by atoms with van der Waals surface area (Å²) in [5.74, 6) is -0.913. The van der Waals surface area contributed by atoms with Crippen molar-refractivity contribution >= 4 is 17.4 Å². The highest BCUT2D eigenvalue weighted by Gasteiger charge is 2.30. The molecule has 0 aliphatic heterocycles. The largest absolute Gasteiger partial charge is 0.481 e. The van der Waals surface area contributed by atoms with E-state index in [0.717, 1.165) is 43.4 Å². The summed E-state index contributed by atoms with van der Waals surface area (Å²) in [5, 5.41) is 16.3. The molecule has 1 amide bonds. The molecule has 0 bridgehead atoms. The smallest absolute Gasteiger partial charge is 0.416 e. The number of carboxylic acids is 1. The van der Waals surface area contributed by atoms with E-state index in [1.807, 2.05) is 6.07 Å². The number of hydrogen-bond donors (Lipinski definition) is 2. The highest BCUT2D eigenvalue weighted by molar-refractivity contribution is 6.01. The van der Waals surface area contributed by atoms with Gasteiger partial charge in [0, 0.05) is 18.7 Å². The predicted molar refractivity (Wildman–Crippen MR) is 115 cm³/mol. The first-order chi connectivity index (χ1) is 15.7. The summed E-state index contributed by atoms with van der Waals surface area (Å²) < 4.78 is 40.1. The van der Waals surface area contributed by atoms with Gasteiger partial charge < -0.3 is 10.4 Å². The molecule has 1 fully saturated rings. The first-order valence-electron chi connectivity index (χ1n) is 10.8. The molecule has 1 saturated carbocycles. The number of carbonyl (C=O) groups is 2. The van der Waals surface area contributed by atoms with Gasteiger partial charge in [-0.1, -0.05) is 18.2 Å². The Labute approximate surface area is 188 Å². The summed E-state index contributed by atoms with van der Waals surface area (Å²) in [7, 11) is 0. The van der Waals surface area contributed by atoms with Crippen LogP contribution < -0.4 is 5.32 Å². The second kappa shape index (κ2) is 9.25. The van der Waals surface area contributed by atoms with Gasteiger partial charge in [0.2, 0.25) is 0 Å². The predicted octanol–water partition coefficient (Wildman–Crippen LogP) is 4.71. The van der Waals surface area contributed by atoms with Gasteiger partial charge in [-0.3, -0.25) is 9.59 Å². The van der Waals surface area contributed by atoms with E-state index in [9.17, 15) is 22.8 Å². The van der Waals surface area contributed by atoms with Crippen LogP contribution in [0.25, 0.3) is 5.52 Å². The van der Waals surface area contributed by atoms with Gasteiger partial charge in [0.15, 0.2) is 0 Å². The quantitative estimate of drug-likeness (QED) is 0.559. The Morgan fingerprint density at radius 1 is 1.09 bits per heavy atom. The minimum atomic E-state index is -4.39. The van der Waals surface area contributed by atoms with Gasteiger partial charge in [0.25, 0.3) is 5.91 Å². The normalized spacial score (nSPS) is 18.9. The number of fused-ring (bicyclic) bond motifs is 1. The van der Waals surface area contributed by atoms with Crippen LogP contribution in [0.3, 0.4) is 0 Å². The molecule has 2 heterocycles. The highest BCUT2D eigenvalue weighted by atomic mass is 19.4. The third kappa shape index (κ3) is 5.35. The van der Waals surface area contributed by atoms with Gasteiger partial charge in [-0.15, -0.1) is 0 Å². The number of rotatable bonds is 6. The lowest BCUT2D eigenvalue weighted by atomic mass is 9.84. The van der Waals surface area contributed by atoms with Crippen molar-refractivity contribution in [3.05, 3.63) is 71.0 Å². The summed E-state index contributed by atoms with van der Waals surface area (Å²) in [6, 6.07) is 8.59. The lowest BCUT2D eigenvalue weighted by Crippen LogP contribution is -2.37. The van der Waals surface area contributed by atoms with Crippen molar-refractivity contribution in [3.8, 4) is 0 Å². The second-order valence-electron chi connectivity index (χ2n) is 8.55. The second-order valence-corrected chi connectivity index (χ2v) is 8.55. The van der Waals surface area contributed by atoms with Gasteiger partial charge >= 0.3 is 12.1 Å². The van der Waals surface area contributed by atoms with Crippen LogP contribution in [-0.4, -0.2) is 32.6 Å². The molecule has 1 aliphatic rings. The number of pyridine rings is 1. The van der Waals surface area contributed by atoms with E-state index in [1.165, 1.54) is 18.3 Å². The molecule has 2 N–H and O–H groups in total. The van der Waals surface area contributed by atoms with Gasteiger partial charge in [-0.2, -0.15) is 18.3 Å². The summed E-state index contributed by atoms with van der Waals surface area (Å²) >= 11 is 0. The number of halogens is 3. The molecule has 0 unspecified atom stereocenters. The average Bonchev–Trinajstić information content (AvgIpc) is 3.20.